The molecule has 0 radical (unpaired) electrons. The number of nitrogens with one attached hydrogen (secondary N) is 1. The molecule has 28 heavy (non-hydrogen) atoms. The third-order valence-corrected chi connectivity index (χ3v) is 4.07. The van der Waals surface area contributed by atoms with Crippen LogP contribution in [-0.4, -0.2) is 35.5 Å². The van der Waals surface area contributed by atoms with Crippen molar-refractivity contribution in [2.75, 3.05) is 23.9 Å². The van der Waals surface area contributed by atoms with Crippen LogP contribution in [0.3, 0.4) is 0 Å². The number of hydrogen-bond acceptors (Lipinski definition) is 6. The Morgan fingerprint density at radius 2 is 1.82 bits per heavy atom. The quantitative estimate of drug-likeness (QED) is 0.661. The summed E-state index contributed by atoms with van der Waals surface area (Å²) in [4.78, 5) is 34.5. The minimum atomic E-state index is -0.427. The molecule has 0 fully saturated rings. The molecule has 0 aliphatic carbocycles. The number of ether oxygens (including phenoxy) is 1. The molecule has 3 rings (SSSR count). The van der Waals surface area contributed by atoms with Gasteiger partial charge in [0.25, 0.3) is 5.91 Å². The monoisotopic (exact) mass is 376 g/mol. The molecule has 0 aliphatic heterocycles. The van der Waals surface area contributed by atoms with Crippen LogP contribution in [-0.2, 0) is 4.74 Å². The predicted molar refractivity (Wildman–Crippen MR) is 107 cm³/mol. The molecule has 142 valence electrons. The van der Waals surface area contributed by atoms with Crippen LogP contribution >= 0.6 is 0 Å². The fraction of sp³-hybridized carbons (Fsp3) is 0.143. The molecular weight excluding hydrogens is 356 g/mol. The van der Waals surface area contributed by atoms with Crippen molar-refractivity contribution < 1.29 is 14.3 Å². The zero-order valence-electron chi connectivity index (χ0n) is 15.6. The standard InChI is InChI=1S/C21H20N4O3/c1-3-25(17-10-5-4-6-11-17)20(26)18-13-19(23-14-22-18)24-16-9-7-8-15(12-16)21(27)28-2/h4-14H,3H2,1-2H3,(H,22,23,24). The molecule has 0 atom stereocenters. The van der Waals surface area contributed by atoms with Gasteiger partial charge < -0.3 is 15.0 Å². The summed E-state index contributed by atoms with van der Waals surface area (Å²) in [6.45, 7) is 2.42. The fourth-order valence-corrected chi connectivity index (χ4v) is 2.72. The summed E-state index contributed by atoms with van der Waals surface area (Å²) in [5, 5.41) is 3.09. The highest BCUT2D eigenvalue weighted by Crippen LogP contribution is 2.19. The van der Waals surface area contributed by atoms with E-state index in [9.17, 15) is 9.59 Å². The smallest absolute Gasteiger partial charge is 0.337 e. The molecule has 0 spiro atoms. The van der Waals surface area contributed by atoms with Crippen LogP contribution in [0.15, 0.2) is 67.0 Å². The van der Waals surface area contributed by atoms with Crippen LogP contribution in [0.4, 0.5) is 17.2 Å². The lowest BCUT2D eigenvalue weighted by molar-refractivity contribution is 0.0600. The zero-order chi connectivity index (χ0) is 19.9. The van der Waals surface area contributed by atoms with E-state index < -0.39 is 5.97 Å². The van der Waals surface area contributed by atoms with Gasteiger partial charge in [-0.15, -0.1) is 0 Å². The van der Waals surface area contributed by atoms with Crippen LogP contribution in [0.5, 0.6) is 0 Å². The van der Waals surface area contributed by atoms with Crippen LogP contribution in [0, 0.1) is 0 Å². The minimum absolute atomic E-state index is 0.220. The summed E-state index contributed by atoms with van der Waals surface area (Å²) in [5.74, 6) is -0.199. The molecule has 7 heteroatoms. The van der Waals surface area contributed by atoms with Gasteiger partial charge in [-0.2, -0.15) is 0 Å². The molecule has 0 unspecified atom stereocenters. The Morgan fingerprint density at radius 1 is 1.04 bits per heavy atom. The molecule has 2 aromatic carbocycles. The van der Waals surface area contributed by atoms with Gasteiger partial charge in [0.1, 0.15) is 17.8 Å². The molecule has 0 saturated heterocycles. The average molecular weight is 376 g/mol. The number of para-hydroxylation sites is 1. The molecule has 1 aromatic heterocycles. The summed E-state index contributed by atoms with van der Waals surface area (Å²) >= 11 is 0. The Bertz CT molecular complexity index is 976. The van der Waals surface area contributed by atoms with Crippen molar-refractivity contribution in [1.29, 1.82) is 0 Å². The van der Waals surface area contributed by atoms with Crippen LogP contribution in [0.25, 0.3) is 0 Å². The van der Waals surface area contributed by atoms with E-state index in [1.165, 1.54) is 13.4 Å². The van der Waals surface area contributed by atoms with Gasteiger partial charge in [0.2, 0.25) is 0 Å². The zero-order valence-corrected chi connectivity index (χ0v) is 15.6. The Kier molecular flexibility index (Phi) is 5.96. The maximum atomic E-state index is 12.9. The van der Waals surface area contributed by atoms with E-state index >= 15 is 0 Å². The van der Waals surface area contributed by atoms with Crippen molar-refractivity contribution >= 4 is 29.1 Å². The van der Waals surface area contributed by atoms with Gasteiger partial charge in [-0.3, -0.25) is 4.79 Å². The SMILES string of the molecule is CCN(C(=O)c1cc(Nc2cccc(C(=O)OC)c2)ncn1)c1ccccc1. The second-order valence-corrected chi connectivity index (χ2v) is 5.87. The summed E-state index contributed by atoms with van der Waals surface area (Å²) < 4.78 is 4.73. The Labute approximate surface area is 163 Å². The number of esters is 1. The number of anilines is 3. The van der Waals surface area contributed by atoms with Crippen molar-refractivity contribution in [2.24, 2.45) is 0 Å². The number of aromatic nitrogens is 2. The molecule has 1 heterocycles. The molecule has 1 amide bonds. The van der Waals surface area contributed by atoms with Crippen molar-refractivity contribution in [3.8, 4) is 0 Å². The molecule has 3 aromatic rings. The Hall–Kier alpha value is -3.74. The molecule has 0 aliphatic rings. The van der Waals surface area contributed by atoms with Gasteiger partial charge in [0.15, 0.2) is 0 Å². The molecule has 0 saturated carbocycles. The number of amides is 1. The van der Waals surface area contributed by atoms with Gasteiger partial charge in [0, 0.05) is 24.0 Å². The van der Waals surface area contributed by atoms with E-state index in [-0.39, 0.29) is 11.6 Å². The number of nitrogens with zero attached hydrogens (tertiary/aromatic N) is 3. The van der Waals surface area contributed by atoms with E-state index in [1.54, 1.807) is 35.2 Å². The van der Waals surface area contributed by atoms with E-state index in [0.29, 0.717) is 23.6 Å². The Morgan fingerprint density at radius 3 is 2.54 bits per heavy atom. The lowest BCUT2D eigenvalue weighted by Gasteiger charge is -2.20. The molecular formula is C21H20N4O3. The number of carbonyl (C=O) groups is 2. The van der Waals surface area contributed by atoms with Crippen molar-refractivity contribution in [3.63, 3.8) is 0 Å². The average Bonchev–Trinajstić information content (AvgIpc) is 2.75. The van der Waals surface area contributed by atoms with Crippen LogP contribution < -0.4 is 10.2 Å². The van der Waals surface area contributed by atoms with Gasteiger partial charge in [-0.25, -0.2) is 14.8 Å². The lowest BCUT2D eigenvalue weighted by atomic mass is 10.2. The number of carbonyl (C=O) groups excluding carboxylic acids is 2. The normalized spacial score (nSPS) is 10.2. The maximum Gasteiger partial charge on any atom is 0.337 e. The largest absolute Gasteiger partial charge is 0.465 e. The van der Waals surface area contributed by atoms with Gasteiger partial charge >= 0.3 is 5.97 Å². The highest BCUT2D eigenvalue weighted by atomic mass is 16.5. The van der Waals surface area contributed by atoms with E-state index in [4.69, 9.17) is 4.74 Å². The molecule has 0 bridgehead atoms. The number of hydrogen-bond donors (Lipinski definition) is 1. The Balaban J connectivity index is 1.82. The first-order valence-electron chi connectivity index (χ1n) is 8.76. The second-order valence-electron chi connectivity index (χ2n) is 5.87. The van der Waals surface area contributed by atoms with Gasteiger partial charge in [-0.05, 0) is 37.3 Å². The highest BCUT2D eigenvalue weighted by molar-refractivity contribution is 6.05. The van der Waals surface area contributed by atoms with E-state index in [1.807, 2.05) is 37.3 Å². The van der Waals surface area contributed by atoms with Crippen molar-refractivity contribution in [2.45, 2.75) is 6.92 Å². The number of benzene rings is 2. The van der Waals surface area contributed by atoms with Crippen LogP contribution in [0.2, 0.25) is 0 Å². The molecule has 1 N–H and O–H groups in total. The topological polar surface area (TPSA) is 84.4 Å². The van der Waals surface area contributed by atoms with E-state index in [0.717, 1.165) is 5.69 Å². The fourth-order valence-electron chi connectivity index (χ4n) is 2.72. The third-order valence-electron chi connectivity index (χ3n) is 4.07. The minimum Gasteiger partial charge on any atom is -0.465 e. The van der Waals surface area contributed by atoms with Crippen molar-refractivity contribution in [1.82, 2.24) is 9.97 Å². The first-order valence-corrected chi connectivity index (χ1v) is 8.76. The third kappa shape index (κ3) is 4.32. The summed E-state index contributed by atoms with van der Waals surface area (Å²) in [6.07, 6.45) is 1.33. The first kappa shape index (κ1) is 19.0. The van der Waals surface area contributed by atoms with Gasteiger partial charge in [-0.1, -0.05) is 24.3 Å². The summed E-state index contributed by atoms with van der Waals surface area (Å²) in [6, 6.07) is 17.8. The second kappa shape index (κ2) is 8.77. The van der Waals surface area contributed by atoms with Gasteiger partial charge in [0.05, 0.1) is 12.7 Å². The number of rotatable bonds is 6. The molecule has 7 nitrogen and oxygen atoms in total. The highest BCUT2D eigenvalue weighted by Gasteiger charge is 2.18. The summed E-state index contributed by atoms with van der Waals surface area (Å²) in [5.41, 5.74) is 2.13. The first-order chi connectivity index (χ1) is 13.6. The number of methoxy groups -OCH3 is 1. The maximum absolute atomic E-state index is 12.9. The lowest BCUT2D eigenvalue weighted by Crippen LogP contribution is -2.31. The van der Waals surface area contributed by atoms with Crippen molar-refractivity contribution in [3.05, 3.63) is 78.2 Å². The summed E-state index contributed by atoms with van der Waals surface area (Å²) in [7, 11) is 1.33. The predicted octanol–water partition coefficient (Wildman–Crippen LogP) is 3.67. The van der Waals surface area contributed by atoms with Crippen LogP contribution in [0.1, 0.15) is 27.8 Å². The van der Waals surface area contributed by atoms with E-state index in [2.05, 4.69) is 15.3 Å².